The van der Waals surface area contributed by atoms with E-state index in [1.165, 1.54) is 6.07 Å². The molecule has 0 bridgehead atoms. The summed E-state index contributed by atoms with van der Waals surface area (Å²) in [4.78, 5) is 16.8. The molecule has 136 valence electrons. The number of thiophene rings is 1. The van der Waals surface area contributed by atoms with Crippen molar-refractivity contribution >= 4 is 43.4 Å². The van der Waals surface area contributed by atoms with Crippen LogP contribution in [0.1, 0.15) is 21.6 Å². The first-order valence-electron chi connectivity index (χ1n) is 8.30. The first kappa shape index (κ1) is 17.9. The van der Waals surface area contributed by atoms with E-state index in [9.17, 15) is 9.18 Å². The van der Waals surface area contributed by atoms with E-state index in [2.05, 4.69) is 26.2 Å². The summed E-state index contributed by atoms with van der Waals surface area (Å²) < 4.78 is 17.9. The molecule has 0 aliphatic carbocycles. The normalized spacial score (nSPS) is 11.0. The third kappa shape index (κ3) is 3.65. The number of rotatable bonds is 5. The van der Waals surface area contributed by atoms with E-state index in [4.69, 9.17) is 0 Å². The fraction of sp³-hybridized carbons (Fsp3) is 0.100. The maximum absolute atomic E-state index is 14.2. The second-order valence-electron chi connectivity index (χ2n) is 6.04. The Hall–Kier alpha value is -2.51. The van der Waals surface area contributed by atoms with E-state index in [1.807, 2.05) is 28.1 Å². The van der Waals surface area contributed by atoms with Gasteiger partial charge in [-0.2, -0.15) is 0 Å². The van der Waals surface area contributed by atoms with Gasteiger partial charge in [0, 0.05) is 29.9 Å². The minimum atomic E-state index is -0.283. The minimum absolute atomic E-state index is 0.196. The van der Waals surface area contributed by atoms with Gasteiger partial charge in [-0.3, -0.25) is 9.78 Å². The van der Waals surface area contributed by atoms with E-state index in [0.717, 1.165) is 20.3 Å². The maximum Gasteiger partial charge on any atom is 0.268 e. The second-order valence-corrected chi connectivity index (χ2v) is 7.81. The van der Waals surface area contributed by atoms with Crippen LogP contribution in [-0.2, 0) is 13.1 Å². The number of hydrogen-bond donors (Lipinski definition) is 1. The average Bonchev–Trinajstić information content (AvgIpc) is 3.23. The molecule has 27 heavy (non-hydrogen) atoms. The highest BCUT2D eigenvalue weighted by molar-refractivity contribution is 9.10. The van der Waals surface area contributed by atoms with Gasteiger partial charge < -0.3 is 9.88 Å². The molecule has 3 aromatic heterocycles. The highest BCUT2D eigenvalue weighted by Gasteiger charge is 2.19. The summed E-state index contributed by atoms with van der Waals surface area (Å²) >= 11 is 5.09. The van der Waals surface area contributed by atoms with Crippen LogP contribution in [0.3, 0.4) is 0 Å². The second kappa shape index (κ2) is 7.62. The smallest absolute Gasteiger partial charge is 0.268 e. The van der Waals surface area contributed by atoms with Crippen LogP contribution in [0.5, 0.6) is 0 Å². The lowest BCUT2D eigenvalue weighted by Crippen LogP contribution is -2.25. The number of carbonyl (C=O) groups excluding carboxylic acids is 1. The zero-order chi connectivity index (χ0) is 18.8. The topological polar surface area (TPSA) is 46.9 Å². The van der Waals surface area contributed by atoms with Gasteiger partial charge in [0.2, 0.25) is 0 Å². The van der Waals surface area contributed by atoms with Crippen molar-refractivity contribution in [2.75, 3.05) is 0 Å². The molecule has 0 unspecified atom stereocenters. The quantitative estimate of drug-likeness (QED) is 0.472. The van der Waals surface area contributed by atoms with Crippen LogP contribution in [0.25, 0.3) is 10.2 Å². The van der Waals surface area contributed by atoms with Crippen LogP contribution >= 0.6 is 27.3 Å². The number of nitrogens with one attached hydrogen (secondary N) is 1. The summed E-state index contributed by atoms with van der Waals surface area (Å²) in [5, 5.41) is 4.91. The number of amides is 1. The van der Waals surface area contributed by atoms with E-state index in [-0.39, 0.29) is 18.3 Å². The SMILES string of the molecule is O=C(NCc1ccncc1)c1cc2scc(Br)c2n1Cc1ccccc1F. The van der Waals surface area contributed by atoms with Crippen LogP contribution in [0.15, 0.2) is 64.7 Å². The fourth-order valence-electron chi connectivity index (χ4n) is 2.95. The predicted octanol–water partition coefficient (Wildman–Crippen LogP) is 4.98. The summed E-state index contributed by atoms with van der Waals surface area (Å²) in [5.41, 5.74) is 2.91. The van der Waals surface area contributed by atoms with Crippen molar-refractivity contribution in [1.82, 2.24) is 14.9 Å². The molecular weight excluding hydrogens is 429 g/mol. The zero-order valence-corrected chi connectivity index (χ0v) is 16.6. The van der Waals surface area contributed by atoms with Crippen molar-refractivity contribution in [3.8, 4) is 0 Å². The van der Waals surface area contributed by atoms with Crippen molar-refractivity contribution in [3.63, 3.8) is 0 Å². The Kier molecular flexibility index (Phi) is 5.05. The number of carbonyl (C=O) groups is 1. The molecule has 7 heteroatoms. The Morgan fingerprint density at radius 1 is 1.22 bits per heavy atom. The van der Waals surface area contributed by atoms with Gasteiger partial charge >= 0.3 is 0 Å². The molecule has 1 N–H and O–H groups in total. The molecule has 3 heterocycles. The number of benzene rings is 1. The molecule has 0 aliphatic rings. The molecule has 0 aliphatic heterocycles. The molecule has 1 aromatic carbocycles. The Morgan fingerprint density at radius 3 is 2.78 bits per heavy atom. The van der Waals surface area contributed by atoms with Gasteiger partial charge in [-0.25, -0.2) is 4.39 Å². The molecule has 4 nitrogen and oxygen atoms in total. The van der Waals surface area contributed by atoms with E-state index < -0.39 is 0 Å². The molecule has 0 radical (unpaired) electrons. The van der Waals surface area contributed by atoms with Crippen LogP contribution < -0.4 is 5.32 Å². The van der Waals surface area contributed by atoms with Gasteiger partial charge in [0.1, 0.15) is 11.5 Å². The first-order chi connectivity index (χ1) is 13.1. The number of hydrogen-bond acceptors (Lipinski definition) is 3. The number of aromatic nitrogens is 2. The zero-order valence-electron chi connectivity index (χ0n) is 14.2. The van der Waals surface area contributed by atoms with E-state index >= 15 is 0 Å². The number of nitrogens with zero attached hydrogens (tertiary/aromatic N) is 2. The lowest BCUT2D eigenvalue weighted by Gasteiger charge is -2.12. The van der Waals surface area contributed by atoms with Gasteiger partial charge in [-0.05, 0) is 45.8 Å². The van der Waals surface area contributed by atoms with Crippen molar-refractivity contribution < 1.29 is 9.18 Å². The lowest BCUT2D eigenvalue weighted by atomic mass is 10.2. The third-order valence-electron chi connectivity index (χ3n) is 4.30. The Balaban J connectivity index is 1.67. The summed E-state index contributed by atoms with van der Waals surface area (Å²) in [6.45, 7) is 0.685. The molecular formula is C20H15BrFN3OS. The molecule has 0 saturated carbocycles. The summed E-state index contributed by atoms with van der Waals surface area (Å²) in [6, 6.07) is 12.2. The number of fused-ring (bicyclic) bond motifs is 1. The molecule has 0 saturated heterocycles. The molecule has 4 rings (SSSR count). The molecule has 0 atom stereocenters. The van der Waals surface area contributed by atoms with E-state index in [1.54, 1.807) is 41.9 Å². The highest BCUT2D eigenvalue weighted by atomic mass is 79.9. The Morgan fingerprint density at radius 2 is 2.00 bits per heavy atom. The first-order valence-corrected chi connectivity index (χ1v) is 9.97. The molecule has 1 amide bonds. The van der Waals surface area contributed by atoms with E-state index in [0.29, 0.717) is 17.8 Å². The van der Waals surface area contributed by atoms with Crippen molar-refractivity contribution in [2.24, 2.45) is 0 Å². The van der Waals surface area contributed by atoms with Crippen LogP contribution in [0.2, 0.25) is 0 Å². The summed E-state index contributed by atoms with van der Waals surface area (Å²) in [5.74, 6) is -0.479. The lowest BCUT2D eigenvalue weighted by molar-refractivity contribution is 0.0942. The standard InChI is InChI=1S/C20H15BrFN3OS/c21-15-12-27-18-9-17(20(26)24-10-13-5-7-23-8-6-13)25(19(15)18)11-14-3-1-2-4-16(14)22/h1-9,12H,10-11H2,(H,24,26). The number of halogens is 2. The van der Waals surface area contributed by atoms with Gasteiger partial charge in [0.05, 0.1) is 21.2 Å². The van der Waals surface area contributed by atoms with Gasteiger partial charge in [-0.15, -0.1) is 11.3 Å². The van der Waals surface area contributed by atoms with Crippen molar-refractivity contribution in [3.05, 3.63) is 87.3 Å². The van der Waals surface area contributed by atoms with Crippen LogP contribution in [-0.4, -0.2) is 15.5 Å². The predicted molar refractivity (Wildman–Crippen MR) is 108 cm³/mol. The minimum Gasteiger partial charge on any atom is -0.347 e. The van der Waals surface area contributed by atoms with Crippen LogP contribution in [0.4, 0.5) is 4.39 Å². The fourth-order valence-corrected chi connectivity index (χ4v) is 4.65. The van der Waals surface area contributed by atoms with Crippen molar-refractivity contribution in [1.29, 1.82) is 0 Å². The third-order valence-corrected chi connectivity index (χ3v) is 6.13. The van der Waals surface area contributed by atoms with Gasteiger partial charge in [-0.1, -0.05) is 18.2 Å². The summed E-state index contributed by atoms with van der Waals surface area (Å²) in [7, 11) is 0. The maximum atomic E-state index is 14.2. The molecule has 0 spiro atoms. The molecule has 4 aromatic rings. The average molecular weight is 444 g/mol. The van der Waals surface area contributed by atoms with Crippen LogP contribution in [0, 0.1) is 5.82 Å². The summed E-state index contributed by atoms with van der Waals surface area (Å²) in [6.07, 6.45) is 3.38. The monoisotopic (exact) mass is 443 g/mol. The van der Waals surface area contributed by atoms with Gasteiger partial charge in [0.25, 0.3) is 5.91 Å². The Bertz CT molecular complexity index is 1110. The van der Waals surface area contributed by atoms with Crippen molar-refractivity contribution in [2.45, 2.75) is 13.1 Å². The largest absolute Gasteiger partial charge is 0.347 e. The highest BCUT2D eigenvalue weighted by Crippen LogP contribution is 2.34. The number of pyridine rings is 1. The van der Waals surface area contributed by atoms with Gasteiger partial charge in [0.15, 0.2) is 0 Å². The molecule has 0 fully saturated rings. The Labute approximate surface area is 167 Å².